The molecule has 1 aromatic carbocycles. The summed E-state index contributed by atoms with van der Waals surface area (Å²) in [4.78, 5) is 0. The van der Waals surface area contributed by atoms with E-state index in [0.29, 0.717) is 25.0 Å². The van der Waals surface area contributed by atoms with E-state index in [0.717, 1.165) is 24.2 Å². The number of benzene rings is 1. The fraction of sp³-hybridized carbons (Fsp3) is 0.652. The van der Waals surface area contributed by atoms with Gasteiger partial charge in [0.05, 0.1) is 32.5 Å². The molecule has 0 saturated carbocycles. The number of rotatable bonds is 11. The Labute approximate surface area is 169 Å². The predicted octanol–water partition coefficient (Wildman–Crippen LogP) is 4.19. The van der Waals surface area contributed by atoms with Gasteiger partial charge in [0.1, 0.15) is 5.75 Å². The van der Waals surface area contributed by atoms with Gasteiger partial charge in [0.2, 0.25) is 0 Å². The molecule has 0 spiro atoms. The highest BCUT2D eigenvalue weighted by atomic mass is 16.7. The van der Waals surface area contributed by atoms with Gasteiger partial charge in [0.25, 0.3) is 0 Å². The van der Waals surface area contributed by atoms with Gasteiger partial charge in [-0.05, 0) is 42.5 Å². The SMILES string of the molecule is COc1ccc(COC[C@H](C)[C@@H](O)CC[C@H](C)[C@@H]2O[C@@H](OC)C=C[C@@H]2C)cc1. The van der Waals surface area contributed by atoms with Crippen molar-refractivity contribution >= 4 is 0 Å². The standard InChI is InChI=1S/C23H36O5/c1-16(23-17(2)7-13-22(26-5)28-23)6-12-21(24)18(3)14-27-15-19-8-10-20(25-4)11-9-19/h7-11,13,16-18,21-24H,6,12,14-15H2,1-5H3/t16-,17-,18-,21-,22+,23-/m0/s1. The van der Waals surface area contributed by atoms with Crippen molar-refractivity contribution in [3.8, 4) is 5.75 Å². The zero-order valence-electron chi connectivity index (χ0n) is 17.8. The Morgan fingerprint density at radius 3 is 2.43 bits per heavy atom. The molecule has 5 nitrogen and oxygen atoms in total. The lowest BCUT2D eigenvalue weighted by Gasteiger charge is -2.34. The normalized spacial score (nSPS) is 25.3. The number of aliphatic hydroxyl groups is 1. The molecule has 0 aliphatic carbocycles. The summed E-state index contributed by atoms with van der Waals surface area (Å²) in [6, 6.07) is 7.84. The lowest BCUT2D eigenvalue weighted by atomic mass is 9.86. The molecule has 2 rings (SSSR count). The Hall–Kier alpha value is -1.40. The van der Waals surface area contributed by atoms with E-state index < -0.39 is 0 Å². The van der Waals surface area contributed by atoms with Crippen LogP contribution in [0.25, 0.3) is 0 Å². The first-order valence-corrected chi connectivity index (χ1v) is 10.2. The van der Waals surface area contributed by atoms with Gasteiger partial charge in [-0.3, -0.25) is 0 Å². The molecule has 0 aromatic heterocycles. The second-order valence-electron chi connectivity index (χ2n) is 7.91. The first-order valence-electron chi connectivity index (χ1n) is 10.2. The fourth-order valence-electron chi connectivity index (χ4n) is 3.56. The number of methoxy groups -OCH3 is 2. The monoisotopic (exact) mass is 392 g/mol. The molecule has 158 valence electrons. The number of hydrogen-bond acceptors (Lipinski definition) is 5. The Kier molecular flexibility index (Phi) is 9.45. The van der Waals surface area contributed by atoms with Crippen molar-refractivity contribution in [2.75, 3.05) is 20.8 Å². The molecule has 0 fully saturated rings. The summed E-state index contributed by atoms with van der Waals surface area (Å²) in [6.07, 6.45) is 5.23. The van der Waals surface area contributed by atoms with Crippen LogP contribution in [-0.2, 0) is 20.8 Å². The van der Waals surface area contributed by atoms with Crippen LogP contribution < -0.4 is 4.74 Å². The Balaban J connectivity index is 1.69. The van der Waals surface area contributed by atoms with E-state index in [-0.39, 0.29) is 24.4 Å². The Bertz CT molecular complexity index is 585. The second-order valence-corrected chi connectivity index (χ2v) is 7.91. The van der Waals surface area contributed by atoms with E-state index in [4.69, 9.17) is 18.9 Å². The van der Waals surface area contributed by atoms with Crippen molar-refractivity contribution < 1.29 is 24.1 Å². The van der Waals surface area contributed by atoms with Crippen LogP contribution in [0.1, 0.15) is 39.2 Å². The zero-order chi connectivity index (χ0) is 20.5. The van der Waals surface area contributed by atoms with E-state index in [1.165, 1.54) is 0 Å². The molecule has 0 unspecified atom stereocenters. The highest BCUT2D eigenvalue weighted by Gasteiger charge is 2.29. The highest BCUT2D eigenvalue weighted by molar-refractivity contribution is 5.26. The maximum atomic E-state index is 10.5. The van der Waals surface area contributed by atoms with Crippen molar-refractivity contribution in [1.82, 2.24) is 0 Å². The maximum absolute atomic E-state index is 10.5. The third-order valence-electron chi connectivity index (χ3n) is 5.56. The van der Waals surface area contributed by atoms with E-state index in [1.54, 1.807) is 14.2 Å². The lowest BCUT2D eigenvalue weighted by Crippen LogP contribution is -2.36. The van der Waals surface area contributed by atoms with Crippen molar-refractivity contribution in [2.24, 2.45) is 17.8 Å². The Morgan fingerprint density at radius 2 is 1.79 bits per heavy atom. The van der Waals surface area contributed by atoms with Crippen LogP contribution in [0.4, 0.5) is 0 Å². The molecule has 1 aliphatic heterocycles. The smallest absolute Gasteiger partial charge is 0.176 e. The molecule has 1 aromatic rings. The van der Waals surface area contributed by atoms with E-state index in [9.17, 15) is 5.11 Å². The number of aliphatic hydroxyl groups excluding tert-OH is 1. The topological polar surface area (TPSA) is 57.2 Å². The summed E-state index contributed by atoms with van der Waals surface area (Å²) in [5, 5.41) is 10.5. The molecule has 1 N–H and O–H groups in total. The van der Waals surface area contributed by atoms with Gasteiger partial charge in [0.15, 0.2) is 6.29 Å². The third-order valence-corrected chi connectivity index (χ3v) is 5.56. The van der Waals surface area contributed by atoms with Crippen LogP contribution in [0.3, 0.4) is 0 Å². The van der Waals surface area contributed by atoms with Crippen molar-refractivity contribution in [3.63, 3.8) is 0 Å². The minimum Gasteiger partial charge on any atom is -0.497 e. The Morgan fingerprint density at radius 1 is 1.07 bits per heavy atom. The molecule has 0 radical (unpaired) electrons. The minimum absolute atomic E-state index is 0.0850. The molecular formula is C23H36O5. The van der Waals surface area contributed by atoms with Crippen LogP contribution in [-0.4, -0.2) is 44.4 Å². The quantitative estimate of drug-likeness (QED) is 0.572. The largest absolute Gasteiger partial charge is 0.497 e. The number of hydrogen-bond donors (Lipinski definition) is 1. The van der Waals surface area contributed by atoms with Crippen molar-refractivity contribution in [1.29, 1.82) is 0 Å². The summed E-state index contributed by atoms with van der Waals surface area (Å²) in [5.41, 5.74) is 1.10. The van der Waals surface area contributed by atoms with Gasteiger partial charge in [-0.25, -0.2) is 0 Å². The highest BCUT2D eigenvalue weighted by Crippen LogP contribution is 2.28. The molecule has 6 atom stereocenters. The molecule has 5 heteroatoms. The second kappa shape index (κ2) is 11.6. The van der Waals surface area contributed by atoms with Crippen LogP contribution in [0.2, 0.25) is 0 Å². The fourth-order valence-corrected chi connectivity index (χ4v) is 3.56. The lowest BCUT2D eigenvalue weighted by molar-refractivity contribution is -0.158. The molecule has 1 aliphatic rings. The van der Waals surface area contributed by atoms with Gasteiger partial charge >= 0.3 is 0 Å². The maximum Gasteiger partial charge on any atom is 0.176 e. The summed E-state index contributed by atoms with van der Waals surface area (Å²) in [5.74, 6) is 1.62. The van der Waals surface area contributed by atoms with Gasteiger partial charge in [-0.1, -0.05) is 39.0 Å². The van der Waals surface area contributed by atoms with E-state index in [1.807, 2.05) is 37.3 Å². The van der Waals surface area contributed by atoms with Crippen LogP contribution >= 0.6 is 0 Å². The van der Waals surface area contributed by atoms with Crippen molar-refractivity contribution in [2.45, 2.75) is 58.7 Å². The molecular weight excluding hydrogens is 356 g/mol. The number of ether oxygens (including phenoxy) is 4. The molecule has 0 bridgehead atoms. The summed E-state index contributed by atoms with van der Waals surface area (Å²) in [6.45, 7) is 7.45. The first-order chi connectivity index (χ1) is 13.4. The summed E-state index contributed by atoms with van der Waals surface area (Å²) in [7, 11) is 3.31. The van der Waals surface area contributed by atoms with E-state index >= 15 is 0 Å². The molecule has 0 saturated heterocycles. The van der Waals surface area contributed by atoms with Gasteiger partial charge in [0, 0.05) is 18.9 Å². The first kappa shape index (κ1) is 22.9. The molecule has 1 heterocycles. The van der Waals surface area contributed by atoms with Gasteiger partial charge < -0.3 is 24.1 Å². The predicted molar refractivity (Wildman–Crippen MR) is 110 cm³/mol. The van der Waals surface area contributed by atoms with Crippen LogP contribution in [0.15, 0.2) is 36.4 Å². The minimum atomic E-state index is -0.383. The third kappa shape index (κ3) is 6.89. The summed E-state index contributed by atoms with van der Waals surface area (Å²) >= 11 is 0. The van der Waals surface area contributed by atoms with Gasteiger partial charge in [-0.15, -0.1) is 0 Å². The van der Waals surface area contributed by atoms with Gasteiger partial charge in [-0.2, -0.15) is 0 Å². The molecule has 28 heavy (non-hydrogen) atoms. The summed E-state index contributed by atoms with van der Waals surface area (Å²) < 4.78 is 22.3. The average molecular weight is 393 g/mol. The van der Waals surface area contributed by atoms with E-state index in [2.05, 4.69) is 19.9 Å². The van der Waals surface area contributed by atoms with Crippen LogP contribution in [0, 0.1) is 17.8 Å². The zero-order valence-corrected chi connectivity index (χ0v) is 17.8. The van der Waals surface area contributed by atoms with Crippen molar-refractivity contribution in [3.05, 3.63) is 42.0 Å². The molecule has 0 amide bonds. The average Bonchev–Trinajstić information content (AvgIpc) is 2.72. The van der Waals surface area contributed by atoms with Crippen LogP contribution in [0.5, 0.6) is 5.75 Å².